The number of hydrogen-bond donors (Lipinski definition) is 1. The van der Waals surface area contributed by atoms with Gasteiger partial charge in [0.25, 0.3) is 0 Å². The van der Waals surface area contributed by atoms with Crippen molar-refractivity contribution in [1.29, 1.82) is 5.26 Å². The molecule has 1 aliphatic carbocycles. The second-order valence-electron chi connectivity index (χ2n) is 6.16. The number of likely N-dealkylation sites (N-methyl/N-ethyl adjacent to an activating group) is 1. The lowest BCUT2D eigenvalue weighted by Gasteiger charge is -2.21. The molecule has 1 N–H and O–H groups in total. The number of hydroxylamine groups is 2. The van der Waals surface area contributed by atoms with Crippen LogP contribution >= 0.6 is 0 Å². The molecule has 0 saturated heterocycles. The highest BCUT2D eigenvalue weighted by Crippen LogP contribution is 2.47. The third-order valence-electron chi connectivity index (χ3n) is 4.65. The number of H-pyrrole nitrogens is 1. The maximum atomic E-state index is 9.13. The van der Waals surface area contributed by atoms with Gasteiger partial charge in [-0.25, -0.2) is 0 Å². The molecule has 120 valence electrons. The molecular weight excluding hydrogens is 298 g/mol. The summed E-state index contributed by atoms with van der Waals surface area (Å²) in [5.41, 5.74) is 3.07. The van der Waals surface area contributed by atoms with E-state index in [0.29, 0.717) is 17.5 Å². The Morgan fingerprint density at radius 2 is 2.08 bits per heavy atom. The van der Waals surface area contributed by atoms with Gasteiger partial charge in [0.2, 0.25) is 0 Å². The predicted octanol–water partition coefficient (Wildman–Crippen LogP) is 4.21. The predicted molar refractivity (Wildman–Crippen MR) is 93.6 cm³/mol. The molecule has 4 rings (SSSR count). The third-order valence-corrected chi connectivity index (χ3v) is 4.65. The van der Waals surface area contributed by atoms with Gasteiger partial charge in [0.1, 0.15) is 5.75 Å². The first-order chi connectivity index (χ1) is 11.8. The summed E-state index contributed by atoms with van der Waals surface area (Å²) in [4.78, 5) is 9.36. The zero-order valence-corrected chi connectivity index (χ0v) is 13.6. The van der Waals surface area contributed by atoms with Crippen LogP contribution in [-0.4, -0.2) is 22.6 Å². The van der Waals surface area contributed by atoms with Crippen molar-refractivity contribution in [1.82, 2.24) is 10.0 Å². The highest BCUT2D eigenvalue weighted by Gasteiger charge is 2.45. The lowest BCUT2D eigenvalue weighted by atomic mass is 10.1. The molecule has 1 heterocycles. The topological polar surface area (TPSA) is 52.0 Å². The Morgan fingerprint density at radius 3 is 2.83 bits per heavy atom. The van der Waals surface area contributed by atoms with Crippen LogP contribution in [0.25, 0.3) is 10.9 Å². The fourth-order valence-electron chi connectivity index (χ4n) is 3.34. The van der Waals surface area contributed by atoms with Gasteiger partial charge in [0.05, 0.1) is 17.7 Å². The van der Waals surface area contributed by atoms with Crippen LogP contribution in [0.2, 0.25) is 0 Å². The van der Waals surface area contributed by atoms with Gasteiger partial charge >= 0.3 is 0 Å². The number of nitrogens with zero attached hydrogens (tertiary/aromatic N) is 2. The normalized spacial score (nSPS) is 19.4. The van der Waals surface area contributed by atoms with Crippen molar-refractivity contribution in [3.05, 3.63) is 65.9 Å². The van der Waals surface area contributed by atoms with Gasteiger partial charge < -0.3 is 9.82 Å². The van der Waals surface area contributed by atoms with Gasteiger partial charge in [-0.15, -0.1) is 5.06 Å². The van der Waals surface area contributed by atoms with E-state index in [0.717, 1.165) is 29.6 Å². The van der Waals surface area contributed by atoms with E-state index < -0.39 is 0 Å². The first-order valence-electron chi connectivity index (χ1n) is 8.31. The highest BCUT2D eigenvalue weighted by molar-refractivity contribution is 5.85. The molecule has 2 aromatic carbocycles. The van der Waals surface area contributed by atoms with Crippen molar-refractivity contribution in [2.75, 3.05) is 6.54 Å². The van der Waals surface area contributed by atoms with Crippen LogP contribution in [0.15, 0.2) is 54.7 Å². The largest absolute Gasteiger partial charge is 0.406 e. The number of aromatic nitrogens is 1. The summed E-state index contributed by atoms with van der Waals surface area (Å²) in [6, 6.07) is 18.3. The number of para-hydroxylation sites is 1. The Morgan fingerprint density at radius 1 is 1.25 bits per heavy atom. The highest BCUT2D eigenvalue weighted by atomic mass is 16.7. The van der Waals surface area contributed by atoms with Crippen molar-refractivity contribution >= 4 is 10.9 Å². The molecule has 4 heteroatoms. The molecule has 3 aromatic rings. The Bertz CT molecular complexity index is 894. The van der Waals surface area contributed by atoms with Crippen molar-refractivity contribution in [3.63, 3.8) is 0 Å². The smallest absolute Gasteiger partial charge is 0.147 e. The fourth-order valence-corrected chi connectivity index (χ4v) is 3.34. The van der Waals surface area contributed by atoms with Gasteiger partial charge in [-0.1, -0.05) is 18.2 Å². The number of nitrogens with one attached hydrogen (secondary N) is 1. The Kier molecular flexibility index (Phi) is 3.72. The number of hydrogen-bond acceptors (Lipinski definition) is 3. The standard InChI is InChI=1S/C20H19N3O/c1-2-23(24-15-6-4-3-5-7-15)20-11-17(20)18-13-22-19-9-8-14(12-21)10-16(18)19/h3-10,13,17,20,22H,2,11H2,1H3. The van der Waals surface area contributed by atoms with E-state index in [1.807, 2.05) is 48.5 Å². The lowest BCUT2D eigenvalue weighted by Crippen LogP contribution is -2.30. The number of fused-ring (bicyclic) bond motifs is 1. The minimum atomic E-state index is 0.375. The van der Waals surface area contributed by atoms with Crippen molar-refractivity contribution in [2.24, 2.45) is 0 Å². The van der Waals surface area contributed by atoms with E-state index in [-0.39, 0.29) is 0 Å². The van der Waals surface area contributed by atoms with Crippen LogP contribution in [0.1, 0.15) is 30.4 Å². The Labute approximate surface area is 141 Å². The molecule has 1 aromatic heterocycles. The first-order valence-corrected chi connectivity index (χ1v) is 8.31. The average Bonchev–Trinajstić information content (AvgIpc) is 3.31. The summed E-state index contributed by atoms with van der Waals surface area (Å²) in [7, 11) is 0. The molecule has 0 aliphatic heterocycles. The maximum absolute atomic E-state index is 9.13. The van der Waals surface area contributed by atoms with Crippen molar-refractivity contribution in [2.45, 2.75) is 25.3 Å². The zero-order valence-electron chi connectivity index (χ0n) is 13.6. The van der Waals surface area contributed by atoms with E-state index in [1.165, 1.54) is 5.56 Å². The number of benzene rings is 2. The Hall–Kier alpha value is -2.77. The van der Waals surface area contributed by atoms with E-state index in [1.54, 1.807) is 0 Å². The van der Waals surface area contributed by atoms with Crippen LogP contribution in [0.3, 0.4) is 0 Å². The van der Waals surface area contributed by atoms with Crippen LogP contribution in [0, 0.1) is 11.3 Å². The monoisotopic (exact) mass is 317 g/mol. The molecular formula is C20H19N3O. The van der Waals surface area contributed by atoms with Gasteiger partial charge in [-0.3, -0.25) is 0 Å². The van der Waals surface area contributed by atoms with E-state index >= 15 is 0 Å². The van der Waals surface area contributed by atoms with E-state index in [9.17, 15) is 0 Å². The van der Waals surface area contributed by atoms with E-state index in [4.69, 9.17) is 10.1 Å². The summed E-state index contributed by atoms with van der Waals surface area (Å²) in [6.07, 6.45) is 3.15. The fraction of sp³-hybridized carbons (Fsp3) is 0.250. The summed E-state index contributed by atoms with van der Waals surface area (Å²) < 4.78 is 0. The number of aromatic amines is 1. The second-order valence-corrected chi connectivity index (χ2v) is 6.16. The summed E-state index contributed by atoms with van der Waals surface area (Å²) in [5, 5.41) is 12.3. The van der Waals surface area contributed by atoms with Crippen LogP contribution < -0.4 is 4.84 Å². The van der Waals surface area contributed by atoms with Gasteiger partial charge in [-0.2, -0.15) is 5.26 Å². The summed E-state index contributed by atoms with van der Waals surface area (Å²) in [6.45, 7) is 2.95. The van der Waals surface area contributed by atoms with Crippen LogP contribution in [-0.2, 0) is 0 Å². The maximum Gasteiger partial charge on any atom is 0.147 e. The first kappa shape index (κ1) is 14.8. The van der Waals surface area contributed by atoms with Gasteiger partial charge in [0, 0.05) is 29.6 Å². The third kappa shape index (κ3) is 2.64. The van der Waals surface area contributed by atoms with Crippen LogP contribution in [0.4, 0.5) is 0 Å². The van der Waals surface area contributed by atoms with Gasteiger partial charge in [0.15, 0.2) is 0 Å². The van der Waals surface area contributed by atoms with Gasteiger partial charge in [-0.05, 0) is 49.2 Å². The number of rotatable bonds is 5. The number of nitriles is 1. The SMILES string of the molecule is CCN(Oc1ccccc1)C1CC1c1c[nH]c2ccc(C#N)cc12. The Balaban J connectivity index is 1.56. The molecule has 0 radical (unpaired) electrons. The molecule has 1 saturated carbocycles. The lowest BCUT2D eigenvalue weighted by molar-refractivity contribution is -0.0639. The minimum Gasteiger partial charge on any atom is -0.406 e. The molecule has 0 amide bonds. The van der Waals surface area contributed by atoms with Crippen LogP contribution in [0.5, 0.6) is 5.75 Å². The molecule has 1 fully saturated rings. The molecule has 0 bridgehead atoms. The molecule has 1 aliphatic rings. The average molecular weight is 317 g/mol. The van der Waals surface area contributed by atoms with E-state index in [2.05, 4.69) is 29.2 Å². The molecule has 2 unspecified atom stereocenters. The second kappa shape index (κ2) is 6.03. The minimum absolute atomic E-state index is 0.375. The molecule has 0 spiro atoms. The molecule has 4 nitrogen and oxygen atoms in total. The molecule has 2 atom stereocenters. The quantitative estimate of drug-likeness (QED) is 0.717. The van der Waals surface area contributed by atoms with Crippen molar-refractivity contribution < 1.29 is 4.84 Å². The summed E-state index contributed by atoms with van der Waals surface area (Å²) in [5.74, 6) is 1.31. The zero-order chi connectivity index (χ0) is 16.5. The molecule has 24 heavy (non-hydrogen) atoms. The summed E-state index contributed by atoms with van der Waals surface area (Å²) >= 11 is 0. The van der Waals surface area contributed by atoms with Crippen molar-refractivity contribution in [3.8, 4) is 11.8 Å².